The van der Waals surface area contributed by atoms with Gasteiger partial charge in [-0.05, 0) is 49.6 Å². The fraction of sp³-hybridized carbons (Fsp3) is 0.368. The Morgan fingerprint density at radius 1 is 1.17 bits per heavy atom. The molecule has 0 aliphatic carbocycles. The minimum atomic E-state index is -0.359. The summed E-state index contributed by atoms with van der Waals surface area (Å²) in [6, 6.07) is 15.6. The summed E-state index contributed by atoms with van der Waals surface area (Å²) in [5.41, 5.74) is 2.56. The van der Waals surface area contributed by atoms with Gasteiger partial charge in [0, 0.05) is 24.7 Å². The molecule has 0 amide bonds. The van der Waals surface area contributed by atoms with Crippen LogP contribution < -0.4 is 4.74 Å². The van der Waals surface area contributed by atoms with Gasteiger partial charge in [0.15, 0.2) is 0 Å². The summed E-state index contributed by atoms with van der Waals surface area (Å²) in [6.07, 6.45) is 2.31. The highest BCUT2D eigenvalue weighted by Gasteiger charge is 2.26. The van der Waals surface area contributed by atoms with Crippen molar-refractivity contribution >= 4 is 5.69 Å². The van der Waals surface area contributed by atoms with E-state index in [0.717, 1.165) is 30.8 Å². The lowest BCUT2D eigenvalue weighted by Gasteiger charge is -2.25. The van der Waals surface area contributed by atoms with Crippen LogP contribution in [0.2, 0.25) is 0 Å². The molecule has 1 atom stereocenters. The quantitative estimate of drug-likeness (QED) is 0.585. The third-order valence-electron chi connectivity index (χ3n) is 4.47. The van der Waals surface area contributed by atoms with Crippen LogP contribution in [-0.4, -0.2) is 23.0 Å². The molecule has 24 heavy (non-hydrogen) atoms. The fourth-order valence-electron chi connectivity index (χ4n) is 3.30. The number of likely N-dealkylation sites (tertiary alicyclic amines) is 1. The topological polar surface area (TPSA) is 55.6 Å². The maximum absolute atomic E-state index is 10.8. The molecule has 0 N–H and O–H groups in total. The molecule has 2 aromatic carbocycles. The van der Waals surface area contributed by atoms with E-state index in [9.17, 15) is 10.1 Å². The number of hydrogen-bond donors (Lipinski definition) is 0. The first-order valence-corrected chi connectivity index (χ1v) is 8.37. The minimum absolute atomic E-state index is 0.142. The van der Waals surface area contributed by atoms with Gasteiger partial charge in [0.25, 0.3) is 5.69 Å². The molecule has 1 fully saturated rings. The molecular formula is C19H22N2O3. The smallest absolute Gasteiger partial charge is 0.269 e. The number of nitrogens with zero attached hydrogens (tertiary/aromatic N) is 2. The van der Waals surface area contributed by atoms with Crippen LogP contribution in [0.3, 0.4) is 0 Å². The third kappa shape index (κ3) is 3.74. The van der Waals surface area contributed by atoms with Gasteiger partial charge in [-0.3, -0.25) is 15.0 Å². The number of hydrogen-bond acceptors (Lipinski definition) is 4. The van der Waals surface area contributed by atoms with Crippen LogP contribution in [0.1, 0.15) is 36.9 Å². The van der Waals surface area contributed by atoms with E-state index < -0.39 is 0 Å². The zero-order valence-electron chi connectivity index (χ0n) is 13.9. The Morgan fingerprint density at radius 2 is 1.88 bits per heavy atom. The summed E-state index contributed by atoms with van der Waals surface area (Å²) in [7, 11) is 0. The minimum Gasteiger partial charge on any atom is -0.494 e. The standard InChI is InChI=1S/C19H22N2O3/c1-2-24-18-11-7-16(8-12-18)19-4-3-13-20(19)14-15-5-9-17(10-6-15)21(22)23/h5-12,19H,2-4,13-14H2,1H3. The highest BCUT2D eigenvalue weighted by atomic mass is 16.6. The van der Waals surface area contributed by atoms with E-state index in [1.807, 2.05) is 31.2 Å². The second-order valence-corrected chi connectivity index (χ2v) is 6.05. The summed E-state index contributed by atoms with van der Waals surface area (Å²) in [5, 5.41) is 10.8. The van der Waals surface area contributed by atoms with E-state index in [-0.39, 0.29) is 10.6 Å². The zero-order chi connectivity index (χ0) is 16.9. The first kappa shape index (κ1) is 16.5. The van der Waals surface area contributed by atoms with Crippen LogP contribution in [0.5, 0.6) is 5.75 Å². The van der Waals surface area contributed by atoms with E-state index in [1.54, 1.807) is 12.1 Å². The van der Waals surface area contributed by atoms with E-state index >= 15 is 0 Å². The molecule has 2 aromatic rings. The van der Waals surface area contributed by atoms with Crippen molar-refractivity contribution in [1.29, 1.82) is 0 Å². The van der Waals surface area contributed by atoms with Crippen LogP contribution >= 0.6 is 0 Å². The lowest BCUT2D eigenvalue weighted by Crippen LogP contribution is -2.22. The highest BCUT2D eigenvalue weighted by Crippen LogP contribution is 2.34. The Labute approximate surface area is 142 Å². The Bertz CT molecular complexity index is 683. The normalized spacial score (nSPS) is 17.8. The highest BCUT2D eigenvalue weighted by molar-refractivity contribution is 5.33. The molecule has 0 radical (unpaired) electrons. The predicted octanol–water partition coefficient (Wildman–Crippen LogP) is 4.33. The SMILES string of the molecule is CCOc1ccc(C2CCCN2Cc2ccc([N+](=O)[O-])cc2)cc1. The molecule has 5 nitrogen and oxygen atoms in total. The lowest BCUT2D eigenvalue weighted by molar-refractivity contribution is -0.384. The van der Waals surface area contributed by atoms with Crippen molar-refractivity contribution in [2.45, 2.75) is 32.4 Å². The first-order valence-electron chi connectivity index (χ1n) is 8.37. The molecule has 5 heteroatoms. The van der Waals surface area contributed by atoms with Gasteiger partial charge in [-0.1, -0.05) is 24.3 Å². The molecule has 0 spiro atoms. The van der Waals surface area contributed by atoms with Crippen LogP contribution in [0, 0.1) is 10.1 Å². The molecule has 1 aliphatic heterocycles. The van der Waals surface area contributed by atoms with Crippen molar-refractivity contribution in [1.82, 2.24) is 4.90 Å². The number of non-ortho nitro benzene ring substituents is 1. The molecule has 1 unspecified atom stereocenters. The molecule has 0 bridgehead atoms. The van der Waals surface area contributed by atoms with Gasteiger partial charge in [-0.15, -0.1) is 0 Å². The van der Waals surface area contributed by atoms with Crippen molar-refractivity contribution < 1.29 is 9.66 Å². The number of nitro benzene ring substituents is 1. The molecule has 1 heterocycles. The van der Waals surface area contributed by atoms with Gasteiger partial charge < -0.3 is 4.74 Å². The van der Waals surface area contributed by atoms with Gasteiger partial charge in [0.05, 0.1) is 11.5 Å². The summed E-state index contributed by atoms with van der Waals surface area (Å²) in [6.45, 7) is 4.52. The van der Waals surface area contributed by atoms with Gasteiger partial charge >= 0.3 is 0 Å². The van der Waals surface area contributed by atoms with Crippen molar-refractivity contribution in [3.05, 3.63) is 69.8 Å². The van der Waals surface area contributed by atoms with E-state index in [0.29, 0.717) is 12.6 Å². The van der Waals surface area contributed by atoms with E-state index in [1.165, 1.54) is 12.0 Å². The second kappa shape index (κ2) is 7.45. The Morgan fingerprint density at radius 3 is 2.50 bits per heavy atom. The average molecular weight is 326 g/mol. The lowest BCUT2D eigenvalue weighted by atomic mass is 10.0. The van der Waals surface area contributed by atoms with Crippen molar-refractivity contribution in [3.8, 4) is 5.75 Å². The van der Waals surface area contributed by atoms with Crippen LogP contribution in [0.25, 0.3) is 0 Å². The molecule has 126 valence electrons. The van der Waals surface area contributed by atoms with Gasteiger partial charge in [0.2, 0.25) is 0 Å². The van der Waals surface area contributed by atoms with Crippen molar-refractivity contribution in [2.75, 3.05) is 13.2 Å². The summed E-state index contributed by atoms with van der Waals surface area (Å²) in [5.74, 6) is 0.904. The maximum Gasteiger partial charge on any atom is 0.269 e. The third-order valence-corrected chi connectivity index (χ3v) is 4.47. The molecule has 1 aliphatic rings. The number of rotatable bonds is 6. The van der Waals surface area contributed by atoms with E-state index in [2.05, 4.69) is 17.0 Å². The van der Waals surface area contributed by atoms with Crippen molar-refractivity contribution in [2.24, 2.45) is 0 Å². The van der Waals surface area contributed by atoms with Gasteiger partial charge in [0.1, 0.15) is 5.75 Å². The molecular weight excluding hydrogens is 304 g/mol. The van der Waals surface area contributed by atoms with Gasteiger partial charge in [-0.2, -0.15) is 0 Å². The molecule has 0 saturated carbocycles. The average Bonchev–Trinajstić information content (AvgIpc) is 3.04. The Hall–Kier alpha value is -2.40. The number of nitro groups is 1. The first-order chi connectivity index (χ1) is 11.7. The van der Waals surface area contributed by atoms with Crippen LogP contribution in [-0.2, 0) is 6.54 Å². The number of benzene rings is 2. The van der Waals surface area contributed by atoms with Crippen LogP contribution in [0.4, 0.5) is 5.69 Å². The largest absolute Gasteiger partial charge is 0.494 e. The summed E-state index contributed by atoms with van der Waals surface area (Å²) >= 11 is 0. The molecule has 3 rings (SSSR count). The summed E-state index contributed by atoms with van der Waals surface area (Å²) in [4.78, 5) is 12.8. The van der Waals surface area contributed by atoms with Gasteiger partial charge in [-0.25, -0.2) is 0 Å². The predicted molar refractivity (Wildman–Crippen MR) is 93.1 cm³/mol. The maximum atomic E-state index is 10.8. The molecule has 1 saturated heterocycles. The zero-order valence-corrected chi connectivity index (χ0v) is 13.9. The van der Waals surface area contributed by atoms with E-state index in [4.69, 9.17) is 4.74 Å². The number of ether oxygens (including phenoxy) is 1. The second-order valence-electron chi connectivity index (χ2n) is 6.05. The van der Waals surface area contributed by atoms with Crippen molar-refractivity contribution in [3.63, 3.8) is 0 Å². The Balaban J connectivity index is 1.69. The fourth-order valence-corrected chi connectivity index (χ4v) is 3.30. The van der Waals surface area contributed by atoms with Crippen LogP contribution in [0.15, 0.2) is 48.5 Å². The summed E-state index contributed by atoms with van der Waals surface area (Å²) < 4.78 is 5.51. The molecule has 0 aromatic heterocycles. The Kier molecular flexibility index (Phi) is 5.11. The monoisotopic (exact) mass is 326 g/mol.